The first kappa shape index (κ1) is 24.6. The van der Waals surface area contributed by atoms with Crippen LogP contribution in [0.1, 0.15) is 11.1 Å². The molecule has 0 radical (unpaired) electrons. The van der Waals surface area contributed by atoms with Crippen LogP contribution in [0.3, 0.4) is 0 Å². The molecule has 0 spiro atoms. The number of nitrogens with zero attached hydrogens (tertiary/aromatic N) is 2. The molecule has 3 rings (SSSR count). The van der Waals surface area contributed by atoms with E-state index in [1.54, 1.807) is 24.3 Å². The Kier molecular flexibility index (Phi) is 7.45. The fourth-order valence-corrected chi connectivity index (χ4v) is 4.23. The van der Waals surface area contributed by atoms with E-state index in [2.05, 4.69) is 21.2 Å². The van der Waals surface area contributed by atoms with Crippen molar-refractivity contribution < 1.29 is 22.3 Å². The van der Waals surface area contributed by atoms with Crippen LogP contribution in [0.2, 0.25) is 0 Å². The fraction of sp³-hybridized carbons (Fsp3) is 0.0435. The molecule has 0 aliphatic rings. The number of nitriles is 1. The molecule has 0 bridgehead atoms. The van der Waals surface area contributed by atoms with Crippen molar-refractivity contribution in [1.29, 1.82) is 5.26 Å². The number of rotatable bonds is 7. The number of aryl methyl sites for hydroxylation is 1. The summed E-state index contributed by atoms with van der Waals surface area (Å²) in [6.45, 7) is 1.85. The third kappa shape index (κ3) is 6.06. The number of benzene rings is 3. The Balaban J connectivity index is 1.96. The second-order valence-electron chi connectivity index (χ2n) is 6.97. The Morgan fingerprint density at radius 2 is 1.88 bits per heavy atom. The molecule has 172 valence electrons. The quantitative estimate of drug-likeness (QED) is 0.146. The maximum atomic E-state index is 12.8. The van der Waals surface area contributed by atoms with Crippen LogP contribution < -0.4 is 9.50 Å². The van der Waals surface area contributed by atoms with Gasteiger partial charge in [-0.1, -0.05) is 34.1 Å². The van der Waals surface area contributed by atoms with E-state index in [9.17, 15) is 28.6 Å². The number of carbonyl (C=O) groups excluding carboxylic acids is 1. The van der Waals surface area contributed by atoms with Crippen LogP contribution in [-0.4, -0.2) is 19.2 Å². The van der Waals surface area contributed by atoms with Gasteiger partial charge in [0.05, 0.1) is 4.92 Å². The lowest BCUT2D eigenvalue weighted by molar-refractivity contribution is -0.385. The summed E-state index contributed by atoms with van der Waals surface area (Å²) in [6, 6.07) is 17.5. The second kappa shape index (κ2) is 10.3. The minimum absolute atomic E-state index is 0.124. The van der Waals surface area contributed by atoms with E-state index in [0.717, 1.165) is 23.8 Å². The first-order chi connectivity index (χ1) is 16.1. The summed E-state index contributed by atoms with van der Waals surface area (Å²) in [7, 11) is -4.45. The summed E-state index contributed by atoms with van der Waals surface area (Å²) in [5, 5.41) is 23.1. The maximum absolute atomic E-state index is 12.8. The normalized spacial score (nSPS) is 11.4. The topological polar surface area (TPSA) is 139 Å². The molecule has 11 heteroatoms. The number of nitro benzene ring substituents is 1. The van der Waals surface area contributed by atoms with Gasteiger partial charge in [-0.05, 0) is 55.0 Å². The highest BCUT2D eigenvalue weighted by atomic mass is 79.9. The fourth-order valence-electron chi connectivity index (χ4n) is 2.85. The van der Waals surface area contributed by atoms with E-state index in [4.69, 9.17) is 4.18 Å². The highest BCUT2D eigenvalue weighted by molar-refractivity contribution is 9.10. The lowest BCUT2D eigenvalue weighted by atomic mass is 10.1. The minimum atomic E-state index is -4.45. The number of nitrogens with one attached hydrogen (secondary N) is 1. The lowest BCUT2D eigenvalue weighted by Gasteiger charge is -2.11. The Morgan fingerprint density at radius 3 is 2.56 bits per heavy atom. The number of amides is 1. The number of non-ortho nitro benzene ring substituents is 1. The molecule has 34 heavy (non-hydrogen) atoms. The zero-order valence-corrected chi connectivity index (χ0v) is 20.0. The third-order valence-corrected chi connectivity index (χ3v) is 6.15. The molecule has 0 aliphatic heterocycles. The Labute approximate surface area is 203 Å². The van der Waals surface area contributed by atoms with Crippen LogP contribution in [0.15, 0.2) is 81.7 Å². The summed E-state index contributed by atoms with van der Waals surface area (Å²) in [4.78, 5) is 22.5. The van der Waals surface area contributed by atoms with Gasteiger partial charge in [0.1, 0.15) is 22.3 Å². The van der Waals surface area contributed by atoms with Crippen molar-refractivity contribution in [2.75, 3.05) is 5.32 Å². The van der Waals surface area contributed by atoms with Crippen molar-refractivity contribution >= 4 is 49.4 Å². The molecule has 9 nitrogen and oxygen atoms in total. The van der Waals surface area contributed by atoms with E-state index in [0.29, 0.717) is 10.2 Å². The molecule has 0 unspecified atom stereocenters. The zero-order valence-electron chi connectivity index (χ0n) is 17.6. The Hall–Kier alpha value is -4.01. The summed E-state index contributed by atoms with van der Waals surface area (Å²) >= 11 is 3.26. The molecule has 0 saturated carbocycles. The van der Waals surface area contributed by atoms with Crippen molar-refractivity contribution in [1.82, 2.24) is 0 Å². The second-order valence-corrected chi connectivity index (χ2v) is 9.43. The maximum Gasteiger partial charge on any atom is 0.339 e. The minimum Gasteiger partial charge on any atom is -0.378 e. The summed E-state index contributed by atoms with van der Waals surface area (Å²) < 4.78 is 31.3. The lowest BCUT2D eigenvalue weighted by Crippen LogP contribution is -2.14. The number of anilines is 1. The number of nitro groups is 1. The van der Waals surface area contributed by atoms with Crippen molar-refractivity contribution in [3.8, 4) is 11.8 Å². The van der Waals surface area contributed by atoms with Crippen molar-refractivity contribution in [3.63, 3.8) is 0 Å². The number of hydrogen-bond donors (Lipinski definition) is 1. The number of carbonyl (C=O) groups is 1. The molecule has 1 amide bonds. The van der Waals surface area contributed by atoms with Crippen molar-refractivity contribution in [2.24, 2.45) is 0 Å². The van der Waals surface area contributed by atoms with Crippen molar-refractivity contribution in [3.05, 3.63) is 98.0 Å². The van der Waals surface area contributed by atoms with Crippen LogP contribution in [0.25, 0.3) is 6.08 Å². The van der Waals surface area contributed by atoms with Gasteiger partial charge in [-0.25, -0.2) is 0 Å². The summed E-state index contributed by atoms with van der Waals surface area (Å²) in [5.74, 6) is -0.869. The van der Waals surface area contributed by atoms with Crippen LogP contribution in [0.5, 0.6) is 5.75 Å². The van der Waals surface area contributed by atoms with E-state index in [1.165, 1.54) is 30.3 Å². The van der Waals surface area contributed by atoms with E-state index >= 15 is 0 Å². The van der Waals surface area contributed by atoms with Gasteiger partial charge in [0.15, 0.2) is 0 Å². The first-order valence-corrected chi connectivity index (χ1v) is 11.8. The van der Waals surface area contributed by atoms with E-state index < -0.39 is 31.5 Å². The highest BCUT2D eigenvalue weighted by Crippen LogP contribution is 2.29. The standard InChI is InChI=1S/C23H16BrN3O6S/c1-15-4-2-5-19(10-15)26-23(28)17(14-25)11-16-12-18(24)8-9-22(16)33-34(31,32)21-7-3-6-20(13-21)27(29)30/h2-13H,1H3,(H,26,28)/b17-11+. The molecule has 0 aromatic heterocycles. The SMILES string of the molecule is Cc1cccc(NC(=O)/C(C#N)=C/c2cc(Br)ccc2OS(=O)(=O)c2cccc([N+](=O)[O-])c2)c1. The van der Waals surface area contributed by atoms with Gasteiger partial charge in [0.25, 0.3) is 11.6 Å². The average Bonchev–Trinajstić information content (AvgIpc) is 2.79. The van der Waals surface area contributed by atoms with Crippen molar-refractivity contribution in [2.45, 2.75) is 11.8 Å². The predicted octanol–water partition coefficient (Wildman–Crippen LogP) is 4.98. The van der Waals surface area contributed by atoms with Gasteiger partial charge in [-0.3, -0.25) is 14.9 Å². The van der Waals surface area contributed by atoms with Crippen LogP contribution in [0, 0.1) is 28.4 Å². The van der Waals surface area contributed by atoms with Crippen LogP contribution >= 0.6 is 15.9 Å². The Morgan fingerprint density at radius 1 is 1.15 bits per heavy atom. The van der Waals surface area contributed by atoms with Crippen LogP contribution in [-0.2, 0) is 14.9 Å². The molecule has 0 aliphatic carbocycles. The monoisotopic (exact) mass is 541 g/mol. The zero-order chi connectivity index (χ0) is 24.9. The molecule has 0 saturated heterocycles. The number of halogens is 1. The molecule has 3 aromatic rings. The largest absolute Gasteiger partial charge is 0.378 e. The molecule has 0 fully saturated rings. The number of hydrogen-bond acceptors (Lipinski definition) is 7. The van der Waals surface area contributed by atoms with Gasteiger partial charge in [-0.2, -0.15) is 13.7 Å². The Bertz CT molecular complexity index is 1460. The summed E-state index contributed by atoms with van der Waals surface area (Å²) in [6.07, 6.45) is 1.19. The highest BCUT2D eigenvalue weighted by Gasteiger charge is 2.22. The predicted molar refractivity (Wildman–Crippen MR) is 128 cm³/mol. The molecule has 3 aromatic carbocycles. The van der Waals surface area contributed by atoms with E-state index in [1.807, 2.05) is 13.0 Å². The molecule has 1 N–H and O–H groups in total. The molecular weight excluding hydrogens is 526 g/mol. The smallest absolute Gasteiger partial charge is 0.339 e. The average molecular weight is 542 g/mol. The summed E-state index contributed by atoms with van der Waals surface area (Å²) in [5.41, 5.74) is 0.816. The first-order valence-electron chi connectivity index (χ1n) is 9.57. The van der Waals surface area contributed by atoms with Gasteiger partial charge >= 0.3 is 10.1 Å². The molecule has 0 atom stereocenters. The van der Waals surface area contributed by atoms with Gasteiger partial charge in [-0.15, -0.1) is 0 Å². The molecular formula is C23H16BrN3O6S. The van der Waals surface area contributed by atoms with Crippen LogP contribution in [0.4, 0.5) is 11.4 Å². The van der Waals surface area contributed by atoms with Gasteiger partial charge < -0.3 is 9.50 Å². The molecule has 0 heterocycles. The van der Waals surface area contributed by atoms with E-state index in [-0.39, 0.29) is 16.9 Å². The third-order valence-electron chi connectivity index (χ3n) is 4.43. The van der Waals surface area contributed by atoms with Gasteiger partial charge in [0.2, 0.25) is 0 Å². The van der Waals surface area contributed by atoms with Gasteiger partial charge in [0, 0.05) is 27.9 Å².